The first-order chi connectivity index (χ1) is 15.1. The summed E-state index contributed by atoms with van der Waals surface area (Å²) in [6.45, 7) is 4.69. The Hall–Kier alpha value is -3.61. The van der Waals surface area contributed by atoms with Crippen molar-refractivity contribution in [1.82, 2.24) is 14.9 Å². The highest BCUT2D eigenvalue weighted by atomic mass is 16.5. The number of nitrogens with zero attached hydrogens (tertiary/aromatic N) is 3. The van der Waals surface area contributed by atoms with Crippen molar-refractivity contribution in [2.75, 3.05) is 7.11 Å². The molecule has 1 heterocycles. The summed E-state index contributed by atoms with van der Waals surface area (Å²) < 4.78 is 17.0. The number of aromatic nitrogens is 2. The fourth-order valence-electron chi connectivity index (χ4n) is 2.94. The molecule has 1 amide bonds. The largest absolute Gasteiger partial charge is 0.482 e. The van der Waals surface area contributed by atoms with Gasteiger partial charge in [0.25, 0.3) is 5.88 Å². The van der Waals surface area contributed by atoms with Crippen molar-refractivity contribution in [1.29, 1.82) is 0 Å². The van der Waals surface area contributed by atoms with Crippen molar-refractivity contribution in [3.05, 3.63) is 83.8 Å². The summed E-state index contributed by atoms with van der Waals surface area (Å²) in [4.78, 5) is 22.5. The number of carbonyl (C=O) groups is 1. The standard InChI is InChI=1S/C24H27N3O4/c1-18(2)27(24(28)29-3)14-21-22(30-15-19-10-6-4-7-11-19)23(26-17-25-21)31-16-20-12-8-5-9-13-20/h4-13,17-18H,14-16H2,1-3H3. The van der Waals surface area contributed by atoms with E-state index in [1.165, 1.54) is 13.4 Å². The first kappa shape index (κ1) is 22.1. The molecule has 0 aliphatic rings. The maximum atomic E-state index is 12.2. The van der Waals surface area contributed by atoms with Crippen LogP contribution in [0.15, 0.2) is 67.0 Å². The van der Waals surface area contributed by atoms with E-state index in [1.807, 2.05) is 74.5 Å². The molecule has 7 heteroatoms. The molecule has 31 heavy (non-hydrogen) atoms. The second kappa shape index (κ2) is 11.0. The van der Waals surface area contributed by atoms with Crippen LogP contribution in [0.3, 0.4) is 0 Å². The van der Waals surface area contributed by atoms with Crippen LogP contribution in [0.5, 0.6) is 11.6 Å². The summed E-state index contributed by atoms with van der Waals surface area (Å²) in [6, 6.07) is 19.5. The van der Waals surface area contributed by atoms with Crippen LogP contribution in [0.25, 0.3) is 0 Å². The van der Waals surface area contributed by atoms with E-state index in [-0.39, 0.29) is 12.6 Å². The second-order valence-electron chi connectivity index (χ2n) is 7.19. The molecule has 0 fully saturated rings. The lowest BCUT2D eigenvalue weighted by molar-refractivity contribution is 0.106. The van der Waals surface area contributed by atoms with Gasteiger partial charge in [-0.1, -0.05) is 60.7 Å². The van der Waals surface area contributed by atoms with E-state index in [0.29, 0.717) is 30.5 Å². The molecule has 0 N–H and O–H groups in total. The Labute approximate surface area is 182 Å². The molecule has 0 unspecified atom stereocenters. The second-order valence-corrected chi connectivity index (χ2v) is 7.19. The van der Waals surface area contributed by atoms with Gasteiger partial charge < -0.3 is 14.2 Å². The Bertz CT molecular complexity index is 965. The summed E-state index contributed by atoms with van der Waals surface area (Å²) in [5, 5.41) is 0. The van der Waals surface area contributed by atoms with Gasteiger partial charge in [0.1, 0.15) is 25.2 Å². The molecule has 3 aromatic rings. The molecular formula is C24H27N3O4. The Morgan fingerprint density at radius 2 is 1.48 bits per heavy atom. The number of ether oxygens (including phenoxy) is 3. The third kappa shape index (κ3) is 6.18. The summed E-state index contributed by atoms with van der Waals surface area (Å²) in [7, 11) is 1.36. The predicted molar refractivity (Wildman–Crippen MR) is 117 cm³/mol. The molecule has 0 saturated heterocycles. The number of hydrogen-bond acceptors (Lipinski definition) is 6. The highest BCUT2D eigenvalue weighted by Gasteiger charge is 2.23. The van der Waals surface area contributed by atoms with Crippen LogP contribution in [0.1, 0.15) is 30.7 Å². The van der Waals surface area contributed by atoms with E-state index in [0.717, 1.165) is 11.1 Å². The molecule has 0 aliphatic heterocycles. The molecule has 2 aromatic carbocycles. The maximum absolute atomic E-state index is 12.2. The first-order valence-electron chi connectivity index (χ1n) is 10.1. The third-order valence-electron chi connectivity index (χ3n) is 4.64. The van der Waals surface area contributed by atoms with Crippen molar-refractivity contribution in [3.63, 3.8) is 0 Å². The molecule has 0 bridgehead atoms. The van der Waals surface area contributed by atoms with Crippen LogP contribution in [0, 0.1) is 0 Å². The summed E-state index contributed by atoms with van der Waals surface area (Å²) in [5.74, 6) is 0.746. The molecular weight excluding hydrogens is 394 g/mol. The van der Waals surface area contributed by atoms with Crippen LogP contribution in [-0.2, 0) is 24.5 Å². The molecule has 0 saturated carbocycles. The van der Waals surface area contributed by atoms with E-state index in [1.54, 1.807) is 4.90 Å². The fraction of sp³-hybridized carbons (Fsp3) is 0.292. The number of rotatable bonds is 9. The van der Waals surface area contributed by atoms with Gasteiger partial charge in [0.15, 0.2) is 0 Å². The highest BCUT2D eigenvalue weighted by molar-refractivity contribution is 5.67. The molecule has 1 aromatic heterocycles. The van der Waals surface area contributed by atoms with Gasteiger partial charge >= 0.3 is 6.09 Å². The topological polar surface area (TPSA) is 73.8 Å². The van der Waals surface area contributed by atoms with Gasteiger partial charge in [-0.05, 0) is 25.0 Å². The number of methoxy groups -OCH3 is 1. The average Bonchev–Trinajstić information content (AvgIpc) is 2.81. The zero-order valence-corrected chi connectivity index (χ0v) is 18.0. The number of carbonyl (C=O) groups excluding carboxylic acids is 1. The lowest BCUT2D eigenvalue weighted by Crippen LogP contribution is -2.36. The van der Waals surface area contributed by atoms with Gasteiger partial charge in [0.2, 0.25) is 5.75 Å². The Morgan fingerprint density at radius 3 is 2.03 bits per heavy atom. The lowest BCUT2D eigenvalue weighted by atomic mass is 10.2. The van der Waals surface area contributed by atoms with Crippen molar-refractivity contribution < 1.29 is 19.0 Å². The van der Waals surface area contributed by atoms with Gasteiger partial charge in [-0.25, -0.2) is 9.78 Å². The molecule has 0 spiro atoms. The van der Waals surface area contributed by atoms with Crippen molar-refractivity contribution >= 4 is 6.09 Å². The van der Waals surface area contributed by atoms with E-state index in [2.05, 4.69) is 9.97 Å². The smallest absolute Gasteiger partial charge is 0.410 e. The van der Waals surface area contributed by atoms with Crippen LogP contribution in [0.4, 0.5) is 4.79 Å². The van der Waals surface area contributed by atoms with Crippen LogP contribution < -0.4 is 9.47 Å². The van der Waals surface area contributed by atoms with Crippen LogP contribution >= 0.6 is 0 Å². The van der Waals surface area contributed by atoms with E-state index >= 15 is 0 Å². The SMILES string of the molecule is COC(=O)N(Cc1ncnc(OCc2ccccc2)c1OCc1ccccc1)C(C)C. The first-order valence-corrected chi connectivity index (χ1v) is 10.1. The fourth-order valence-corrected chi connectivity index (χ4v) is 2.94. The van der Waals surface area contributed by atoms with E-state index in [9.17, 15) is 4.79 Å². The Balaban J connectivity index is 1.87. The van der Waals surface area contributed by atoms with Gasteiger partial charge in [-0.3, -0.25) is 4.90 Å². The number of benzene rings is 2. The average molecular weight is 421 g/mol. The minimum atomic E-state index is -0.436. The molecule has 3 rings (SSSR count). The van der Waals surface area contributed by atoms with Crippen LogP contribution in [-0.4, -0.2) is 34.1 Å². The van der Waals surface area contributed by atoms with E-state index in [4.69, 9.17) is 14.2 Å². The number of hydrogen-bond donors (Lipinski definition) is 0. The van der Waals surface area contributed by atoms with Crippen molar-refractivity contribution in [2.45, 2.75) is 39.6 Å². The summed E-state index contributed by atoms with van der Waals surface area (Å²) in [5.41, 5.74) is 2.56. The maximum Gasteiger partial charge on any atom is 0.410 e. The zero-order chi connectivity index (χ0) is 22.1. The summed E-state index contributed by atoms with van der Waals surface area (Å²) >= 11 is 0. The van der Waals surface area contributed by atoms with E-state index < -0.39 is 6.09 Å². The normalized spacial score (nSPS) is 10.6. The number of amides is 1. The molecule has 0 aliphatic carbocycles. The minimum Gasteiger partial charge on any atom is -0.482 e. The molecule has 0 radical (unpaired) electrons. The minimum absolute atomic E-state index is 0.0851. The highest BCUT2D eigenvalue weighted by Crippen LogP contribution is 2.30. The molecule has 162 valence electrons. The predicted octanol–water partition coefficient (Wildman–Crippen LogP) is 4.61. The van der Waals surface area contributed by atoms with Crippen molar-refractivity contribution in [3.8, 4) is 11.6 Å². The van der Waals surface area contributed by atoms with Crippen molar-refractivity contribution in [2.24, 2.45) is 0 Å². The van der Waals surface area contributed by atoms with Gasteiger partial charge in [-0.2, -0.15) is 4.98 Å². The van der Waals surface area contributed by atoms with Gasteiger partial charge in [-0.15, -0.1) is 0 Å². The van der Waals surface area contributed by atoms with Gasteiger partial charge in [0.05, 0.1) is 13.7 Å². The summed E-state index contributed by atoms with van der Waals surface area (Å²) in [6.07, 6.45) is 0.982. The quantitative estimate of drug-likeness (QED) is 0.502. The van der Waals surface area contributed by atoms with Crippen LogP contribution in [0.2, 0.25) is 0 Å². The van der Waals surface area contributed by atoms with Gasteiger partial charge in [0, 0.05) is 6.04 Å². The molecule has 7 nitrogen and oxygen atoms in total. The third-order valence-corrected chi connectivity index (χ3v) is 4.64. The lowest BCUT2D eigenvalue weighted by Gasteiger charge is -2.25. The Kier molecular flexibility index (Phi) is 7.81. The Morgan fingerprint density at radius 1 is 0.903 bits per heavy atom. The monoisotopic (exact) mass is 421 g/mol. The molecule has 0 atom stereocenters. The zero-order valence-electron chi connectivity index (χ0n) is 18.0.